The molecular formula is C21H22N2O5. The van der Waals surface area contributed by atoms with Crippen molar-refractivity contribution in [2.45, 2.75) is 27.7 Å². The van der Waals surface area contributed by atoms with Crippen LogP contribution in [0.15, 0.2) is 18.2 Å². The summed E-state index contributed by atoms with van der Waals surface area (Å²) in [4.78, 5) is 42.6. The van der Waals surface area contributed by atoms with Crippen molar-refractivity contribution >= 4 is 28.6 Å². The van der Waals surface area contributed by atoms with Gasteiger partial charge in [-0.25, -0.2) is 9.59 Å². The summed E-state index contributed by atoms with van der Waals surface area (Å²) in [6.07, 6.45) is 0. The summed E-state index contributed by atoms with van der Waals surface area (Å²) in [5, 5.41) is 0.933. The van der Waals surface area contributed by atoms with Gasteiger partial charge in [0.1, 0.15) is 5.69 Å². The van der Waals surface area contributed by atoms with Crippen LogP contribution in [0, 0.1) is 27.7 Å². The topological polar surface area (TPSA) is 101 Å². The number of rotatable bonds is 5. The number of carbonyl (C=O) groups is 3. The number of aryl methyl sites for hydroxylation is 3. The quantitative estimate of drug-likeness (QED) is 0.519. The summed E-state index contributed by atoms with van der Waals surface area (Å²) in [6.45, 7) is 6.84. The molecule has 0 unspecified atom stereocenters. The molecule has 7 heteroatoms. The fraction of sp³-hybridized carbons (Fsp3) is 0.286. The summed E-state index contributed by atoms with van der Waals surface area (Å²) in [6, 6.07) is 5.70. The number of methoxy groups -OCH3 is 1. The Morgan fingerprint density at radius 1 is 0.964 bits per heavy atom. The van der Waals surface area contributed by atoms with Crippen molar-refractivity contribution in [3.63, 3.8) is 0 Å². The molecule has 7 nitrogen and oxygen atoms in total. The lowest BCUT2D eigenvalue weighted by Gasteiger charge is -2.03. The first kappa shape index (κ1) is 19.4. The number of esters is 2. The van der Waals surface area contributed by atoms with Crippen LogP contribution in [0.1, 0.15) is 53.7 Å². The minimum atomic E-state index is -0.615. The summed E-state index contributed by atoms with van der Waals surface area (Å²) in [7, 11) is 1.28. The Morgan fingerprint density at radius 2 is 1.68 bits per heavy atom. The number of H-pyrrole nitrogens is 2. The van der Waals surface area contributed by atoms with Crippen molar-refractivity contribution in [2.75, 3.05) is 13.7 Å². The van der Waals surface area contributed by atoms with E-state index in [1.807, 2.05) is 26.0 Å². The lowest BCUT2D eigenvalue weighted by molar-refractivity contribution is 0.0468. The predicted octanol–water partition coefficient (Wildman–Crippen LogP) is 3.56. The number of benzene rings is 1. The molecule has 146 valence electrons. The normalized spacial score (nSPS) is 10.9. The van der Waals surface area contributed by atoms with Gasteiger partial charge in [0.15, 0.2) is 6.61 Å². The largest absolute Gasteiger partial charge is 0.465 e. The van der Waals surface area contributed by atoms with Gasteiger partial charge in [0, 0.05) is 16.6 Å². The van der Waals surface area contributed by atoms with Crippen LogP contribution >= 0.6 is 0 Å². The monoisotopic (exact) mass is 382 g/mol. The number of hydrogen-bond acceptors (Lipinski definition) is 5. The lowest BCUT2D eigenvalue weighted by atomic mass is 10.1. The van der Waals surface area contributed by atoms with E-state index in [2.05, 4.69) is 9.97 Å². The van der Waals surface area contributed by atoms with Crippen molar-refractivity contribution < 1.29 is 23.9 Å². The highest BCUT2D eigenvalue weighted by molar-refractivity contribution is 6.03. The molecule has 0 amide bonds. The Hall–Kier alpha value is -3.35. The van der Waals surface area contributed by atoms with Crippen molar-refractivity contribution in [2.24, 2.45) is 0 Å². The summed E-state index contributed by atoms with van der Waals surface area (Å²) < 4.78 is 9.91. The maximum absolute atomic E-state index is 12.5. The number of carbonyl (C=O) groups excluding carboxylic acids is 3. The van der Waals surface area contributed by atoms with Crippen molar-refractivity contribution in [1.29, 1.82) is 0 Å². The summed E-state index contributed by atoms with van der Waals surface area (Å²) in [5.41, 5.74) is 4.81. The molecule has 0 saturated heterocycles. The van der Waals surface area contributed by atoms with Gasteiger partial charge >= 0.3 is 11.9 Å². The van der Waals surface area contributed by atoms with Crippen LogP contribution in [0.25, 0.3) is 10.9 Å². The molecule has 2 heterocycles. The third-order valence-electron chi connectivity index (χ3n) is 4.75. The highest BCUT2D eigenvalue weighted by Gasteiger charge is 2.23. The van der Waals surface area contributed by atoms with Crippen LogP contribution in [-0.2, 0) is 9.47 Å². The van der Waals surface area contributed by atoms with Gasteiger partial charge in [0.2, 0.25) is 5.78 Å². The zero-order valence-electron chi connectivity index (χ0n) is 16.5. The molecule has 0 saturated carbocycles. The molecule has 0 bridgehead atoms. The maximum Gasteiger partial charge on any atom is 0.355 e. The van der Waals surface area contributed by atoms with Crippen LogP contribution in [0.3, 0.4) is 0 Å². The third-order valence-corrected chi connectivity index (χ3v) is 4.75. The average molecular weight is 382 g/mol. The Balaban J connectivity index is 1.76. The van der Waals surface area contributed by atoms with Crippen molar-refractivity contribution in [1.82, 2.24) is 9.97 Å². The number of aromatic nitrogens is 2. The van der Waals surface area contributed by atoms with Gasteiger partial charge in [0.05, 0.1) is 18.4 Å². The fourth-order valence-electron chi connectivity index (χ4n) is 3.43. The molecule has 0 aliphatic carbocycles. The second kappa shape index (κ2) is 7.34. The Kier molecular flexibility index (Phi) is 5.09. The van der Waals surface area contributed by atoms with Crippen LogP contribution in [0.4, 0.5) is 0 Å². The summed E-state index contributed by atoms with van der Waals surface area (Å²) >= 11 is 0. The van der Waals surface area contributed by atoms with E-state index in [1.165, 1.54) is 7.11 Å². The molecule has 2 aromatic heterocycles. The van der Waals surface area contributed by atoms with E-state index in [0.717, 1.165) is 22.0 Å². The van der Waals surface area contributed by atoms with Crippen LogP contribution in [-0.4, -0.2) is 41.4 Å². The molecule has 0 atom stereocenters. The van der Waals surface area contributed by atoms with Gasteiger partial charge in [0.25, 0.3) is 0 Å². The number of aromatic amines is 2. The molecule has 0 aliphatic heterocycles. The predicted molar refractivity (Wildman–Crippen MR) is 104 cm³/mol. The molecule has 0 spiro atoms. The van der Waals surface area contributed by atoms with E-state index in [4.69, 9.17) is 9.47 Å². The van der Waals surface area contributed by atoms with E-state index in [0.29, 0.717) is 16.8 Å². The van der Waals surface area contributed by atoms with Crippen molar-refractivity contribution in [3.8, 4) is 0 Å². The smallest absolute Gasteiger partial charge is 0.355 e. The van der Waals surface area contributed by atoms with Crippen LogP contribution < -0.4 is 0 Å². The minimum absolute atomic E-state index is 0.230. The molecule has 3 aromatic rings. The first-order valence-electron chi connectivity index (χ1n) is 8.80. The standard InChI is InChI=1S/C21H22N2O5/c1-10-6-11(2)14-8-16(23-15(14)7-10)20(25)28-9-17(24)19-12(3)18(13(4)22-19)21(26)27-5/h6-8,22-23H,9H2,1-5H3. The third kappa shape index (κ3) is 3.43. The van der Waals surface area contributed by atoms with Crippen LogP contribution in [0.2, 0.25) is 0 Å². The molecule has 2 N–H and O–H groups in total. The van der Waals surface area contributed by atoms with Gasteiger partial charge in [-0.15, -0.1) is 0 Å². The Morgan fingerprint density at radius 3 is 2.36 bits per heavy atom. The average Bonchev–Trinajstić information content (AvgIpc) is 3.20. The zero-order valence-corrected chi connectivity index (χ0v) is 16.5. The number of ether oxygens (including phenoxy) is 2. The molecule has 0 aliphatic rings. The first-order valence-corrected chi connectivity index (χ1v) is 8.80. The number of Topliss-reactive ketones (excluding diaryl/α,β-unsaturated/α-hetero) is 1. The van der Waals surface area contributed by atoms with E-state index >= 15 is 0 Å². The van der Waals surface area contributed by atoms with Gasteiger partial charge in [-0.05, 0) is 56.5 Å². The van der Waals surface area contributed by atoms with E-state index in [-0.39, 0.29) is 11.4 Å². The van der Waals surface area contributed by atoms with E-state index in [1.54, 1.807) is 19.9 Å². The SMILES string of the molecule is COC(=O)c1c(C)[nH]c(C(=O)COC(=O)c2cc3c(C)cc(C)cc3[nH]2)c1C. The molecule has 0 radical (unpaired) electrons. The molecule has 1 aromatic carbocycles. The van der Waals surface area contributed by atoms with Gasteiger partial charge < -0.3 is 19.4 Å². The highest BCUT2D eigenvalue weighted by Crippen LogP contribution is 2.22. The molecule has 0 fully saturated rings. The van der Waals surface area contributed by atoms with Gasteiger partial charge in [-0.1, -0.05) is 6.07 Å². The van der Waals surface area contributed by atoms with Crippen LogP contribution in [0.5, 0.6) is 0 Å². The second-order valence-corrected chi connectivity index (χ2v) is 6.84. The van der Waals surface area contributed by atoms with Crippen molar-refractivity contribution in [3.05, 3.63) is 57.5 Å². The molecular weight excluding hydrogens is 360 g/mol. The Labute approximate surface area is 162 Å². The summed E-state index contributed by atoms with van der Waals surface area (Å²) in [5.74, 6) is -1.56. The number of ketones is 1. The Bertz CT molecular complexity index is 1100. The second-order valence-electron chi connectivity index (χ2n) is 6.84. The van der Waals surface area contributed by atoms with Gasteiger partial charge in [-0.2, -0.15) is 0 Å². The molecule has 28 heavy (non-hydrogen) atoms. The number of hydrogen-bond donors (Lipinski definition) is 2. The fourth-order valence-corrected chi connectivity index (χ4v) is 3.43. The first-order chi connectivity index (χ1) is 13.2. The molecule has 3 rings (SSSR count). The maximum atomic E-state index is 12.5. The minimum Gasteiger partial charge on any atom is -0.465 e. The number of fused-ring (bicyclic) bond motifs is 1. The highest BCUT2D eigenvalue weighted by atomic mass is 16.5. The van der Waals surface area contributed by atoms with E-state index < -0.39 is 24.3 Å². The van der Waals surface area contributed by atoms with E-state index in [9.17, 15) is 14.4 Å². The lowest BCUT2D eigenvalue weighted by Crippen LogP contribution is -2.16. The zero-order chi connectivity index (χ0) is 20.6. The van der Waals surface area contributed by atoms with Gasteiger partial charge in [-0.3, -0.25) is 4.79 Å². The number of nitrogens with one attached hydrogen (secondary N) is 2.